The highest BCUT2D eigenvalue weighted by atomic mass is 35.5. The molecular weight excluding hydrogens is 452 g/mol. The lowest BCUT2D eigenvalue weighted by Crippen LogP contribution is -2.40. The summed E-state index contributed by atoms with van der Waals surface area (Å²) in [6, 6.07) is 6.95. The molecule has 1 aliphatic rings. The number of fused-ring (bicyclic) bond motifs is 1. The number of halogens is 1. The predicted molar refractivity (Wildman–Crippen MR) is 124 cm³/mol. The van der Waals surface area contributed by atoms with Gasteiger partial charge in [-0.1, -0.05) is 17.7 Å². The van der Waals surface area contributed by atoms with E-state index in [0.717, 1.165) is 11.1 Å². The Hall–Kier alpha value is -2.55. The lowest BCUT2D eigenvalue weighted by atomic mass is 10.0. The minimum atomic E-state index is -4.06. The van der Waals surface area contributed by atoms with Crippen LogP contribution in [0.3, 0.4) is 0 Å². The van der Waals surface area contributed by atoms with Gasteiger partial charge in [0.05, 0.1) is 23.9 Å². The number of nitrogens with zero attached hydrogens (tertiary/aromatic N) is 1. The third kappa shape index (κ3) is 3.98. The fourth-order valence-electron chi connectivity index (χ4n) is 3.88. The summed E-state index contributed by atoms with van der Waals surface area (Å²) in [6.45, 7) is 9.06. The first-order valence-electron chi connectivity index (χ1n) is 10.3. The van der Waals surface area contributed by atoms with Crippen molar-refractivity contribution in [2.45, 2.75) is 32.6 Å². The highest BCUT2D eigenvalue weighted by Crippen LogP contribution is 2.36. The maximum Gasteiger partial charge on any atom is 0.290 e. The van der Waals surface area contributed by atoms with E-state index in [-0.39, 0.29) is 27.8 Å². The van der Waals surface area contributed by atoms with Gasteiger partial charge in [-0.05, 0) is 62.6 Å². The number of amides is 1. The number of rotatable bonds is 4. The highest BCUT2D eigenvalue weighted by molar-refractivity contribution is 7.93. The van der Waals surface area contributed by atoms with Crippen molar-refractivity contribution in [1.29, 1.82) is 0 Å². The average Bonchev–Trinajstić information content (AvgIpc) is 3.06. The molecule has 0 aliphatic carbocycles. The normalized spacial score (nSPS) is 14.7. The number of benzene rings is 2. The van der Waals surface area contributed by atoms with Gasteiger partial charge in [0.2, 0.25) is 0 Å². The molecule has 0 bridgehead atoms. The number of carbonyl (C=O) groups excluding carboxylic acids is 1. The van der Waals surface area contributed by atoms with Gasteiger partial charge < -0.3 is 14.1 Å². The number of hydrogen-bond donors (Lipinski definition) is 1. The molecule has 1 saturated heterocycles. The molecule has 1 fully saturated rings. The first-order chi connectivity index (χ1) is 15.1. The largest absolute Gasteiger partial charge is 0.449 e. The first kappa shape index (κ1) is 22.6. The van der Waals surface area contributed by atoms with Gasteiger partial charge in [-0.2, -0.15) is 0 Å². The van der Waals surface area contributed by atoms with Gasteiger partial charge in [0.1, 0.15) is 4.90 Å². The number of morpholine rings is 1. The van der Waals surface area contributed by atoms with Gasteiger partial charge >= 0.3 is 0 Å². The number of furan rings is 1. The van der Waals surface area contributed by atoms with E-state index in [9.17, 15) is 13.2 Å². The Morgan fingerprint density at radius 3 is 2.41 bits per heavy atom. The fraction of sp³-hybridized carbons (Fsp3) is 0.348. The van der Waals surface area contributed by atoms with Crippen molar-refractivity contribution in [3.05, 3.63) is 57.3 Å². The molecule has 9 heteroatoms. The van der Waals surface area contributed by atoms with Gasteiger partial charge in [-0.3, -0.25) is 9.52 Å². The minimum Gasteiger partial charge on any atom is -0.449 e. The monoisotopic (exact) mass is 476 g/mol. The second kappa shape index (κ2) is 8.42. The van der Waals surface area contributed by atoms with Crippen LogP contribution in [0.4, 0.5) is 5.69 Å². The molecular formula is C23H25ClN2O5S. The lowest BCUT2D eigenvalue weighted by molar-refractivity contribution is 0.0283. The first-order valence-corrected chi connectivity index (χ1v) is 12.2. The molecule has 1 amide bonds. The van der Waals surface area contributed by atoms with Crippen LogP contribution < -0.4 is 4.72 Å². The second-order valence-corrected chi connectivity index (χ2v) is 10.1. The number of ether oxygens (including phenoxy) is 1. The van der Waals surface area contributed by atoms with Crippen LogP contribution in [0.15, 0.2) is 33.6 Å². The molecule has 32 heavy (non-hydrogen) atoms. The molecule has 2 aromatic carbocycles. The van der Waals surface area contributed by atoms with E-state index < -0.39 is 10.0 Å². The van der Waals surface area contributed by atoms with Crippen LogP contribution in [0.25, 0.3) is 11.0 Å². The Morgan fingerprint density at radius 2 is 1.75 bits per heavy atom. The molecule has 0 unspecified atom stereocenters. The highest BCUT2D eigenvalue weighted by Gasteiger charge is 2.30. The van der Waals surface area contributed by atoms with Crippen LogP contribution in [0.5, 0.6) is 0 Å². The molecule has 1 N–H and O–H groups in total. The number of anilines is 1. The third-order valence-electron chi connectivity index (χ3n) is 5.82. The maximum atomic E-state index is 13.5. The fourth-order valence-corrected chi connectivity index (χ4v) is 5.75. The topological polar surface area (TPSA) is 88.9 Å². The molecule has 7 nitrogen and oxygen atoms in total. The second-order valence-electron chi connectivity index (χ2n) is 8.07. The SMILES string of the molecule is Cc1ccc(NS(=O)(=O)c2c(C)c(C)cc3c(C)c(C(=O)N4CCOCC4)oc23)c(Cl)c1. The molecule has 3 aromatic rings. The van der Waals surface area contributed by atoms with Crippen LogP contribution in [0, 0.1) is 27.7 Å². The number of carbonyl (C=O) groups is 1. The summed E-state index contributed by atoms with van der Waals surface area (Å²) in [5, 5.41) is 0.897. The maximum absolute atomic E-state index is 13.5. The summed E-state index contributed by atoms with van der Waals surface area (Å²) in [5.74, 6) is -0.119. The molecule has 1 aromatic heterocycles. The zero-order chi connectivity index (χ0) is 23.2. The summed E-state index contributed by atoms with van der Waals surface area (Å²) in [4.78, 5) is 14.7. The van der Waals surface area contributed by atoms with E-state index in [1.54, 1.807) is 36.9 Å². The summed E-state index contributed by atoms with van der Waals surface area (Å²) in [6.07, 6.45) is 0. The van der Waals surface area contributed by atoms with E-state index in [0.29, 0.717) is 47.8 Å². The standard InChI is InChI=1S/C23H25ClN2O5S/c1-13-5-6-19(18(24)11-13)25-32(28,29)22-15(3)14(2)12-17-16(4)20(31-21(17)22)23(27)26-7-9-30-10-8-26/h5-6,11-12,25H,7-10H2,1-4H3. The number of sulfonamides is 1. The van der Waals surface area contributed by atoms with Crippen LogP contribution in [0.1, 0.15) is 32.8 Å². The Labute approximate surface area is 192 Å². The van der Waals surface area contributed by atoms with Gasteiger partial charge in [0, 0.05) is 24.0 Å². The predicted octanol–water partition coefficient (Wildman–Crippen LogP) is 4.59. The Morgan fingerprint density at radius 1 is 1.06 bits per heavy atom. The number of nitrogens with one attached hydrogen (secondary N) is 1. The van der Waals surface area contributed by atoms with E-state index in [1.165, 1.54) is 0 Å². The van der Waals surface area contributed by atoms with Crippen molar-refractivity contribution in [2.75, 3.05) is 31.0 Å². The van der Waals surface area contributed by atoms with E-state index >= 15 is 0 Å². The average molecular weight is 477 g/mol. The molecule has 170 valence electrons. The summed E-state index contributed by atoms with van der Waals surface area (Å²) >= 11 is 6.26. The van der Waals surface area contributed by atoms with Gasteiger partial charge in [-0.15, -0.1) is 0 Å². The van der Waals surface area contributed by atoms with Crippen molar-refractivity contribution in [3.63, 3.8) is 0 Å². The molecule has 4 rings (SSSR count). The van der Waals surface area contributed by atoms with Crippen molar-refractivity contribution in [1.82, 2.24) is 4.90 Å². The smallest absolute Gasteiger partial charge is 0.290 e. The van der Waals surface area contributed by atoms with Gasteiger partial charge in [0.15, 0.2) is 11.3 Å². The van der Waals surface area contributed by atoms with Crippen molar-refractivity contribution < 1.29 is 22.4 Å². The number of hydrogen-bond acceptors (Lipinski definition) is 5. The van der Waals surface area contributed by atoms with Crippen LogP contribution in [-0.2, 0) is 14.8 Å². The van der Waals surface area contributed by atoms with Crippen LogP contribution in [0.2, 0.25) is 5.02 Å². The zero-order valence-electron chi connectivity index (χ0n) is 18.4. The van der Waals surface area contributed by atoms with Gasteiger partial charge in [0.25, 0.3) is 15.9 Å². The van der Waals surface area contributed by atoms with Crippen LogP contribution in [-0.4, -0.2) is 45.5 Å². The van der Waals surface area contributed by atoms with Crippen molar-refractivity contribution in [3.8, 4) is 0 Å². The molecule has 2 heterocycles. The summed E-state index contributed by atoms with van der Waals surface area (Å²) in [5.41, 5.74) is 3.30. The van der Waals surface area contributed by atoms with E-state index in [2.05, 4.69) is 4.72 Å². The number of aryl methyl sites for hydroxylation is 3. The van der Waals surface area contributed by atoms with Gasteiger partial charge in [-0.25, -0.2) is 8.42 Å². The molecule has 0 radical (unpaired) electrons. The Bertz CT molecular complexity index is 1320. The third-order valence-corrected chi connectivity index (χ3v) is 7.65. The Balaban J connectivity index is 1.85. The Kier molecular flexibility index (Phi) is 5.96. The van der Waals surface area contributed by atoms with E-state index in [4.69, 9.17) is 20.8 Å². The molecule has 0 spiro atoms. The molecule has 0 atom stereocenters. The quantitative estimate of drug-likeness (QED) is 0.594. The summed E-state index contributed by atoms with van der Waals surface area (Å²) < 4.78 is 40.8. The lowest BCUT2D eigenvalue weighted by Gasteiger charge is -2.26. The minimum absolute atomic E-state index is 0.00766. The van der Waals surface area contributed by atoms with E-state index in [1.807, 2.05) is 19.9 Å². The van der Waals surface area contributed by atoms with Crippen LogP contribution >= 0.6 is 11.6 Å². The zero-order valence-corrected chi connectivity index (χ0v) is 20.0. The van der Waals surface area contributed by atoms with Crippen molar-refractivity contribution in [2.24, 2.45) is 0 Å². The molecule has 0 saturated carbocycles. The molecule has 1 aliphatic heterocycles. The summed E-state index contributed by atoms with van der Waals surface area (Å²) in [7, 11) is -4.06. The van der Waals surface area contributed by atoms with Crippen molar-refractivity contribution >= 4 is 44.2 Å².